The van der Waals surface area contributed by atoms with Gasteiger partial charge in [0.25, 0.3) is 0 Å². The lowest BCUT2D eigenvalue weighted by molar-refractivity contribution is -0.115. The van der Waals surface area contributed by atoms with Crippen molar-refractivity contribution in [1.82, 2.24) is 14.5 Å². The van der Waals surface area contributed by atoms with Gasteiger partial charge in [0.05, 0.1) is 5.69 Å². The standard InChI is InChI=1S/C26H32N4O6S/c1-7-23(31)28-19-9-11-21(22(13-19)37(34,35)27-14-15(2)3)36-25-18(6)24(26(32)33)29-30(25)20-10-8-16(4)12-17(20)5/h8-13,15,27H,7,14H2,1-6H3,(H,28,31)(H,32,33). The second-order valence-electron chi connectivity index (χ2n) is 9.20. The zero-order valence-corrected chi connectivity index (χ0v) is 22.6. The Kier molecular flexibility index (Phi) is 8.39. The van der Waals surface area contributed by atoms with Crippen LogP contribution in [0.5, 0.6) is 11.6 Å². The van der Waals surface area contributed by atoms with Gasteiger partial charge in [0, 0.05) is 24.2 Å². The summed E-state index contributed by atoms with van der Waals surface area (Å²) in [7, 11) is -4.06. The number of carboxylic acids is 1. The first kappa shape index (κ1) is 27.9. The number of nitrogens with zero attached hydrogens (tertiary/aromatic N) is 2. The molecule has 37 heavy (non-hydrogen) atoms. The molecule has 0 atom stereocenters. The van der Waals surface area contributed by atoms with Gasteiger partial charge < -0.3 is 15.2 Å². The molecule has 0 spiro atoms. The first-order valence-electron chi connectivity index (χ1n) is 11.9. The zero-order valence-electron chi connectivity index (χ0n) is 21.7. The summed E-state index contributed by atoms with van der Waals surface area (Å²) in [5, 5.41) is 16.6. The Morgan fingerprint density at radius 2 is 1.81 bits per heavy atom. The van der Waals surface area contributed by atoms with Crippen molar-refractivity contribution >= 4 is 27.6 Å². The van der Waals surface area contributed by atoms with E-state index in [0.717, 1.165) is 11.1 Å². The van der Waals surface area contributed by atoms with Crippen LogP contribution in [-0.2, 0) is 14.8 Å². The molecule has 0 aliphatic carbocycles. The lowest BCUT2D eigenvalue weighted by Gasteiger charge is -2.17. The number of aromatic nitrogens is 2. The number of hydrogen-bond acceptors (Lipinski definition) is 6. The highest BCUT2D eigenvalue weighted by Crippen LogP contribution is 2.36. The van der Waals surface area contributed by atoms with Gasteiger partial charge in [-0.2, -0.15) is 9.78 Å². The van der Waals surface area contributed by atoms with E-state index in [1.54, 1.807) is 19.9 Å². The van der Waals surface area contributed by atoms with Gasteiger partial charge in [-0.05, 0) is 56.5 Å². The minimum Gasteiger partial charge on any atom is -0.476 e. The van der Waals surface area contributed by atoms with E-state index < -0.39 is 16.0 Å². The van der Waals surface area contributed by atoms with Gasteiger partial charge in [-0.25, -0.2) is 17.9 Å². The van der Waals surface area contributed by atoms with Gasteiger partial charge in [-0.3, -0.25) is 4.79 Å². The molecule has 3 rings (SSSR count). The average molecular weight is 529 g/mol. The molecule has 1 aromatic heterocycles. The van der Waals surface area contributed by atoms with E-state index in [2.05, 4.69) is 15.1 Å². The smallest absolute Gasteiger partial charge is 0.356 e. The average Bonchev–Trinajstić information content (AvgIpc) is 3.14. The molecule has 3 aromatic rings. The third kappa shape index (κ3) is 6.36. The van der Waals surface area contributed by atoms with Crippen LogP contribution in [0, 0.1) is 26.7 Å². The maximum atomic E-state index is 13.3. The van der Waals surface area contributed by atoms with Gasteiger partial charge in [-0.15, -0.1) is 0 Å². The fourth-order valence-corrected chi connectivity index (χ4v) is 4.96. The van der Waals surface area contributed by atoms with Gasteiger partial charge in [-0.1, -0.05) is 38.5 Å². The van der Waals surface area contributed by atoms with Crippen molar-refractivity contribution in [2.75, 3.05) is 11.9 Å². The Bertz CT molecular complexity index is 1440. The van der Waals surface area contributed by atoms with E-state index in [-0.39, 0.29) is 58.3 Å². The highest BCUT2D eigenvalue weighted by Gasteiger charge is 2.27. The summed E-state index contributed by atoms with van der Waals surface area (Å²) in [5.74, 6) is -1.45. The Balaban J connectivity index is 2.19. The van der Waals surface area contributed by atoms with Gasteiger partial charge in [0.1, 0.15) is 10.6 Å². The Labute approximate surface area is 216 Å². The number of carboxylic acid groups (broad SMARTS) is 1. The molecule has 0 saturated heterocycles. The number of hydrogen-bond donors (Lipinski definition) is 3. The molecule has 0 bridgehead atoms. The molecule has 1 amide bonds. The topological polar surface area (TPSA) is 140 Å². The number of carbonyl (C=O) groups excluding carboxylic acids is 1. The van der Waals surface area contributed by atoms with E-state index in [9.17, 15) is 23.1 Å². The van der Waals surface area contributed by atoms with Crippen molar-refractivity contribution in [3.8, 4) is 17.3 Å². The molecule has 10 nitrogen and oxygen atoms in total. The van der Waals surface area contributed by atoms with E-state index >= 15 is 0 Å². The van der Waals surface area contributed by atoms with Crippen LogP contribution in [0.1, 0.15) is 54.4 Å². The normalized spacial score (nSPS) is 11.5. The fourth-order valence-electron chi connectivity index (χ4n) is 3.60. The lowest BCUT2D eigenvalue weighted by Crippen LogP contribution is -2.28. The number of amides is 1. The maximum absolute atomic E-state index is 13.3. The molecule has 2 aromatic carbocycles. The fraction of sp³-hybridized carbons (Fsp3) is 0.346. The summed E-state index contributed by atoms with van der Waals surface area (Å²) in [4.78, 5) is 23.6. The predicted octanol–water partition coefficient (Wildman–Crippen LogP) is 4.57. The molecule has 0 fully saturated rings. The highest BCUT2D eigenvalue weighted by atomic mass is 32.2. The number of rotatable bonds is 10. The van der Waals surface area contributed by atoms with Gasteiger partial charge >= 0.3 is 5.97 Å². The summed E-state index contributed by atoms with van der Waals surface area (Å²) < 4.78 is 36.6. The van der Waals surface area contributed by atoms with Crippen LogP contribution in [0.25, 0.3) is 5.69 Å². The SMILES string of the molecule is CCC(=O)Nc1ccc(Oc2c(C)c(C(=O)O)nn2-c2ccc(C)cc2C)c(S(=O)(=O)NCC(C)C)c1. The van der Waals surface area contributed by atoms with Gasteiger partial charge in [0.2, 0.25) is 21.8 Å². The summed E-state index contributed by atoms with van der Waals surface area (Å²) in [5.41, 5.74) is 2.73. The number of aryl methyl sites for hydroxylation is 2. The van der Waals surface area contributed by atoms with Crippen LogP contribution in [0.2, 0.25) is 0 Å². The molecular weight excluding hydrogens is 496 g/mol. The Morgan fingerprint density at radius 3 is 2.41 bits per heavy atom. The Hall–Kier alpha value is -3.70. The van der Waals surface area contributed by atoms with Crippen molar-refractivity contribution in [1.29, 1.82) is 0 Å². The van der Waals surface area contributed by atoms with E-state index in [4.69, 9.17) is 4.74 Å². The van der Waals surface area contributed by atoms with Crippen molar-refractivity contribution in [3.63, 3.8) is 0 Å². The first-order chi connectivity index (χ1) is 17.3. The molecule has 3 N–H and O–H groups in total. The molecule has 0 saturated carbocycles. The molecule has 0 radical (unpaired) electrons. The third-order valence-electron chi connectivity index (χ3n) is 5.58. The van der Waals surface area contributed by atoms with Crippen LogP contribution in [0.4, 0.5) is 5.69 Å². The Morgan fingerprint density at radius 1 is 1.11 bits per heavy atom. The van der Waals surface area contributed by atoms with Crippen molar-refractivity contribution in [2.45, 2.75) is 52.9 Å². The molecular formula is C26H32N4O6S. The van der Waals surface area contributed by atoms with Crippen LogP contribution >= 0.6 is 0 Å². The van der Waals surface area contributed by atoms with Crippen LogP contribution in [-0.4, -0.2) is 41.7 Å². The van der Waals surface area contributed by atoms with E-state index in [1.807, 2.05) is 39.8 Å². The number of nitrogens with one attached hydrogen (secondary N) is 2. The number of aromatic carboxylic acids is 1. The predicted molar refractivity (Wildman–Crippen MR) is 140 cm³/mol. The minimum absolute atomic E-state index is 0.0447. The van der Waals surface area contributed by atoms with Crippen LogP contribution in [0.15, 0.2) is 41.3 Å². The van der Waals surface area contributed by atoms with Crippen LogP contribution < -0.4 is 14.8 Å². The summed E-state index contributed by atoms with van der Waals surface area (Å²) in [6.45, 7) is 11.0. The molecule has 198 valence electrons. The molecule has 11 heteroatoms. The summed E-state index contributed by atoms with van der Waals surface area (Å²) in [6, 6.07) is 9.84. The highest BCUT2D eigenvalue weighted by molar-refractivity contribution is 7.89. The number of benzene rings is 2. The minimum atomic E-state index is -4.06. The number of ether oxygens (including phenoxy) is 1. The lowest BCUT2D eigenvalue weighted by atomic mass is 10.1. The van der Waals surface area contributed by atoms with E-state index in [1.165, 1.54) is 22.9 Å². The second-order valence-corrected chi connectivity index (χ2v) is 10.9. The summed E-state index contributed by atoms with van der Waals surface area (Å²) in [6.07, 6.45) is 0.220. The molecule has 0 unspecified atom stereocenters. The second kappa shape index (κ2) is 11.1. The number of carbonyl (C=O) groups is 2. The van der Waals surface area contributed by atoms with Gasteiger partial charge in [0.15, 0.2) is 5.69 Å². The van der Waals surface area contributed by atoms with Crippen LogP contribution in [0.3, 0.4) is 0 Å². The zero-order chi connectivity index (χ0) is 27.5. The molecule has 0 aliphatic heterocycles. The number of anilines is 1. The molecule has 0 aliphatic rings. The van der Waals surface area contributed by atoms with Crippen molar-refractivity contribution in [3.05, 3.63) is 58.8 Å². The van der Waals surface area contributed by atoms with Crippen molar-refractivity contribution < 1.29 is 27.9 Å². The third-order valence-corrected chi connectivity index (χ3v) is 7.02. The summed E-state index contributed by atoms with van der Waals surface area (Å²) >= 11 is 0. The van der Waals surface area contributed by atoms with E-state index in [0.29, 0.717) is 5.69 Å². The van der Waals surface area contributed by atoms with Crippen molar-refractivity contribution in [2.24, 2.45) is 5.92 Å². The first-order valence-corrected chi connectivity index (χ1v) is 13.3. The largest absolute Gasteiger partial charge is 0.476 e. The quantitative estimate of drug-likeness (QED) is 0.350. The molecule has 1 heterocycles. The monoisotopic (exact) mass is 528 g/mol. The number of sulfonamides is 1. The maximum Gasteiger partial charge on any atom is 0.356 e.